The number of carbonyl (C=O) groups excluding carboxylic acids is 1. The van der Waals surface area contributed by atoms with E-state index in [2.05, 4.69) is 15.5 Å². The van der Waals surface area contributed by atoms with Gasteiger partial charge in [-0.15, -0.1) is 10.2 Å². The van der Waals surface area contributed by atoms with E-state index in [0.29, 0.717) is 5.75 Å². The molecule has 0 aliphatic heterocycles. The lowest BCUT2D eigenvalue weighted by Crippen LogP contribution is -2.29. The number of nitrogens with one attached hydrogen (secondary N) is 1. The van der Waals surface area contributed by atoms with Crippen molar-refractivity contribution in [3.63, 3.8) is 0 Å². The molecule has 0 fully saturated rings. The van der Waals surface area contributed by atoms with E-state index in [1.54, 1.807) is 0 Å². The molecule has 1 aromatic carbocycles. The normalized spacial score (nSPS) is 11.6. The predicted molar refractivity (Wildman–Crippen MR) is 91.2 cm³/mol. The van der Waals surface area contributed by atoms with Crippen molar-refractivity contribution >= 4 is 11.6 Å². The van der Waals surface area contributed by atoms with Gasteiger partial charge in [-0.1, -0.05) is 6.07 Å². The average Bonchev–Trinajstić information content (AvgIpc) is 2.99. The predicted octanol–water partition coefficient (Wildman–Crippen LogP) is 3.06. The zero-order valence-corrected chi connectivity index (χ0v) is 14.7. The van der Waals surface area contributed by atoms with Crippen molar-refractivity contribution in [2.75, 3.05) is 6.61 Å². The van der Waals surface area contributed by atoms with E-state index >= 15 is 0 Å². The number of carbonyl (C=O) groups is 1. The summed E-state index contributed by atoms with van der Waals surface area (Å²) in [6.07, 6.45) is -3.57. The minimum atomic E-state index is -4.47. The zero-order valence-electron chi connectivity index (χ0n) is 14.7. The summed E-state index contributed by atoms with van der Waals surface area (Å²) in [7, 11) is 0. The van der Waals surface area contributed by atoms with Gasteiger partial charge in [0, 0.05) is 6.20 Å². The SMILES string of the molecule is Cc1cc(C)cc(OCC(=O)NCc2nnc3ccc(C(F)(F)F)cn23)c1. The van der Waals surface area contributed by atoms with E-state index in [9.17, 15) is 18.0 Å². The molecule has 27 heavy (non-hydrogen) atoms. The number of ether oxygens (including phenoxy) is 1. The van der Waals surface area contributed by atoms with Crippen molar-refractivity contribution in [2.24, 2.45) is 0 Å². The van der Waals surface area contributed by atoms with Crippen LogP contribution in [0.25, 0.3) is 5.65 Å². The van der Waals surface area contributed by atoms with Crippen LogP contribution in [0.5, 0.6) is 5.75 Å². The molecule has 1 amide bonds. The molecule has 2 heterocycles. The van der Waals surface area contributed by atoms with E-state index < -0.39 is 17.6 Å². The summed E-state index contributed by atoms with van der Waals surface area (Å²) in [5.74, 6) is 0.346. The number of aromatic nitrogens is 3. The lowest BCUT2D eigenvalue weighted by Gasteiger charge is -2.09. The van der Waals surface area contributed by atoms with Gasteiger partial charge in [0.15, 0.2) is 18.1 Å². The number of aryl methyl sites for hydroxylation is 2. The molecule has 0 radical (unpaired) electrons. The molecular weight excluding hydrogens is 361 g/mol. The Hall–Kier alpha value is -3.10. The molecule has 0 spiro atoms. The molecule has 0 aliphatic carbocycles. The number of pyridine rings is 1. The second-order valence-corrected chi connectivity index (χ2v) is 6.15. The molecule has 9 heteroatoms. The third-order valence-corrected chi connectivity index (χ3v) is 3.81. The first-order valence-corrected chi connectivity index (χ1v) is 8.11. The van der Waals surface area contributed by atoms with Gasteiger partial charge < -0.3 is 10.1 Å². The van der Waals surface area contributed by atoms with E-state index in [-0.39, 0.29) is 24.6 Å². The van der Waals surface area contributed by atoms with Gasteiger partial charge in [-0.25, -0.2) is 0 Å². The summed E-state index contributed by atoms with van der Waals surface area (Å²) in [5.41, 5.74) is 1.47. The summed E-state index contributed by atoms with van der Waals surface area (Å²) in [6, 6.07) is 7.77. The Bertz CT molecular complexity index is 962. The molecule has 0 aliphatic rings. The molecule has 142 valence electrons. The average molecular weight is 378 g/mol. The molecule has 0 bridgehead atoms. The van der Waals surface area contributed by atoms with Gasteiger partial charge in [0.25, 0.3) is 5.91 Å². The topological polar surface area (TPSA) is 68.5 Å². The first-order valence-electron chi connectivity index (χ1n) is 8.11. The fourth-order valence-electron chi connectivity index (χ4n) is 2.62. The van der Waals surface area contributed by atoms with Gasteiger partial charge in [-0.3, -0.25) is 9.20 Å². The lowest BCUT2D eigenvalue weighted by atomic mass is 10.1. The molecule has 2 aromatic heterocycles. The number of benzene rings is 1. The first kappa shape index (κ1) is 18.7. The van der Waals surface area contributed by atoms with Crippen LogP contribution in [0, 0.1) is 13.8 Å². The smallest absolute Gasteiger partial charge is 0.417 e. The highest BCUT2D eigenvalue weighted by atomic mass is 19.4. The fraction of sp³-hybridized carbons (Fsp3) is 0.278. The monoisotopic (exact) mass is 378 g/mol. The standard InChI is InChI=1S/C18H17F3N4O2/c1-11-5-12(2)7-14(6-11)27-10-17(26)22-8-16-24-23-15-4-3-13(9-25(15)16)18(19,20)21/h3-7,9H,8,10H2,1-2H3,(H,22,26). The van der Waals surface area contributed by atoms with Crippen LogP contribution in [0.2, 0.25) is 0 Å². The van der Waals surface area contributed by atoms with E-state index in [0.717, 1.165) is 23.4 Å². The molecule has 6 nitrogen and oxygen atoms in total. The van der Waals surface area contributed by atoms with Crippen LogP contribution < -0.4 is 10.1 Å². The van der Waals surface area contributed by atoms with Crippen LogP contribution in [-0.4, -0.2) is 27.1 Å². The summed E-state index contributed by atoms with van der Waals surface area (Å²) in [4.78, 5) is 12.0. The second kappa shape index (κ2) is 7.26. The number of hydrogen-bond donors (Lipinski definition) is 1. The number of nitrogens with zero attached hydrogens (tertiary/aromatic N) is 3. The van der Waals surface area contributed by atoms with Crippen LogP contribution in [0.15, 0.2) is 36.5 Å². The number of alkyl halides is 3. The van der Waals surface area contributed by atoms with Crippen molar-refractivity contribution < 1.29 is 22.7 Å². The Morgan fingerprint density at radius 3 is 2.52 bits per heavy atom. The Balaban J connectivity index is 1.63. The molecule has 3 rings (SSSR count). The van der Waals surface area contributed by atoms with Crippen molar-refractivity contribution in [1.29, 1.82) is 0 Å². The highest BCUT2D eigenvalue weighted by Crippen LogP contribution is 2.29. The van der Waals surface area contributed by atoms with Gasteiger partial charge in [0.1, 0.15) is 5.75 Å². The number of rotatable bonds is 5. The van der Waals surface area contributed by atoms with Crippen LogP contribution in [0.1, 0.15) is 22.5 Å². The summed E-state index contributed by atoms with van der Waals surface area (Å²) in [5, 5.41) is 10.2. The van der Waals surface area contributed by atoms with Crippen molar-refractivity contribution in [1.82, 2.24) is 19.9 Å². The minimum Gasteiger partial charge on any atom is -0.484 e. The molecule has 0 atom stereocenters. The van der Waals surface area contributed by atoms with Gasteiger partial charge in [0.2, 0.25) is 0 Å². The summed E-state index contributed by atoms with van der Waals surface area (Å²) in [6.45, 7) is 3.56. The first-order chi connectivity index (χ1) is 12.7. The quantitative estimate of drug-likeness (QED) is 0.741. The van der Waals surface area contributed by atoms with Gasteiger partial charge in [-0.05, 0) is 49.2 Å². The van der Waals surface area contributed by atoms with Gasteiger partial charge in [0.05, 0.1) is 12.1 Å². The van der Waals surface area contributed by atoms with E-state index in [1.807, 2.05) is 32.0 Å². The molecular formula is C18H17F3N4O2. The maximum absolute atomic E-state index is 12.8. The lowest BCUT2D eigenvalue weighted by molar-refractivity contribution is -0.137. The Labute approximate surface area is 153 Å². The third-order valence-electron chi connectivity index (χ3n) is 3.81. The molecule has 3 aromatic rings. The fourth-order valence-corrected chi connectivity index (χ4v) is 2.62. The number of halogens is 3. The number of fused-ring (bicyclic) bond motifs is 1. The largest absolute Gasteiger partial charge is 0.484 e. The highest BCUT2D eigenvalue weighted by Gasteiger charge is 2.31. The van der Waals surface area contributed by atoms with Crippen molar-refractivity contribution in [3.05, 3.63) is 59.0 Å². The van der Waals surface area contributed by atoms with E-state index in [1.165, 1.54) is 10.5 Å². The Morgan fingerprint density at radius 1 is 1.15 bits per heavy atom. The summed E-state index contributed by atoms with van der Waals surface area (Å²) < 4.78 is 45.2. The summed E-state index contributed by atoms with van der Waals surface area (Å²) >= 11 is 0. The Morgan fingerprint density at radius 2 is 1.85 bits per heavy atom. The van der Waals surface area contributed by atoms with Crippen molar-refractivity contribution in [3.8, 4) is 5.75 Å². The third kappa shape index (κ3) is 4.55. The molecule has 1 N–H and O–H groups in total. The van der Waals surface area contributed by atoms with Crippen LogP contribution in [0.3, 0.4) is 0 Å². The zero-order chi connectivity index (χ0) is 19.6. The molecule has 0 saturated carbocycles. The maximum atomic E-state index is 12.8. The van der Waals surface area contributed by atoms with Crippen LogP contribution in [-0.2, 0) is 17.5 Å². The van der Waals surface area contributed by atoms with Gasteiger partial charge >= 0.3 is 6.18 Å². The maximum Gasteiger partial charge on any atom is 0.417 e. The van der Waals surface area contributed by atoms with E-state index in [4.69, 9.17) is 4.74 Å². The second-order valence-electron chi connectivity index (χ2n) is 6.15. The molecule has 0 saturated heterocycles. The Kier molecular flexibility index (Phi) is 5.02. The van der Waals surface area contributed by atoms with Crippen molar-refractivity contribution in [2.45, 2.75) is 26.6 Å². The minimum absolute atomic E-state index is 0.0719. The number of amides is 1. The van der Waals surface area contributed by atoms with Crippen LogP contribution >= 0.6 is 0 Å². The van der Waals surface area contributed by atoms with Crippen LogP contribution in [0.4, 0.5) is 13.2 Å². The molecule has 0 unspecified atom stereocenters. The number of hydrogen-bond acceptors (Lipinski definition) is 4. The highest BCUT2D eigenvalue weighted by molar-refractivity contribution is 5.77. The van der Waals surface area contributed by atoms with Gasteiger partial charge in [-0.2, -0.15) is 13.2 Å².